The molecule has 0 saturated carbocycles. The zero-order valence-electron chi connectivity index (χ0n) is 12.7. The Kier molecular flexibility index (Phi) is 6.46. The molecule has 0 spiro atoms. The second-order valence-corrected chi connectivity index (χ2v) is 7.50. The maximum Gasteiger partial charge on any atom is 0.244 e. The van der Waals surface area contributed by atoms with Gasteiger partial charge in [-0.2, -0.15) is 0 Å². The average molecular weight is 336 g/mol. The fourth-order valence-electron chi connectivity index (χ4n) is 1.73. The van der Waals surface area contributed by atoms with Crippen LogP contribution in [0, 0.1) is 11.8 Å². The van der Waals surface area contributed by atoms with Crippen LogP contribution in [-0.4, -0.2) is 27.2 Å². The third-order valence-corrected chi connectivity index (χ3v) is 5.14. The number of ether oxygens (including phenoxy) is 1. The van der Waals surface area contributed by atoms with E-state index in [4.69, 9.17) is 16.3 Å². The summed E-state index contributed by atoms with van der Waals surface area (Å²) < 4.78 is 32.5. The fraction of sp³-hybridized carbons (Fsp3) is 0.571. The van der Waals surface area contributed by atoms with E-state index in [1.807, 2.05) is 20.8 Å². The van der Waals surface area contributed by atoms with Crippen LogP contribution in [0.25, 0.3) is 0 Å². The van der Waals surface area contributed by atoms with Gasteiger partial charge in [0.2, 0.25) is 10.0 Å². The molecule has 1 unspecified atom stereocenters. The minimum absolute atomic E-state index is 0.0579. The first-order valence-electron chi connectivity index (χ1n) is 6.69. The Morgan fingerprint density at radius 3 is 2.43 bits per heavy atom. The predicted octanol–water partition coefficient (Wildman–Crippen LogP) is 2.41. The first kappa shape index (κ1) is 18.2. The van der Waals surface area contributed by atoms with Gasteiger partial charge in [-0.1, -0.05) is 32.4 Å². The van der Waals surface area contributed by atoms with Gasteiger partial charge in [0.25, 0.3) is 0 Å². The monoisotopic (exact) mass is 335 g/mol. The third kappa shape index (κ3) is 4.57. The summed E-state index contributed by atoms with van der Waals surface area (Å²) in [4.78, 5) is -0.0579. The molecular weight excluding hydrogens is 314 g/mol. The molecule has 0 fully saturated rings. The van der Waals surface area contributed by atoms with Crippen LogP contribution >= 0.6 is 11.6 Å². The van der Waals surface area contributed by atoms with Gasteiger partial charge in [0.15, 0.2) is 0 Å². The van der Waals surface area contributed by atoms with Gasteiger partial charge >= 0.3 is 0 Å². The van der Waals surface area contributed by atoms with E-state index in [0.29, 0.717) is 18.0 Å². The van der Waals surface area contributed by atoms with Crippen LogP contribution in [0.2, 0.25) is 5.02 Å². The van der Waals surface area contributed by atoms with Crippen molar-refractivity contribution >= 4 is 21.6 Å². The molecule has 0 aromatic heterocycles. The smallest absolute Gasteiger partial charge is 0.244 e. The zero-order valence-corrected chi connectivity index (χ0v) is 14.3. The van der Waals surface area contributed by atoms with Gasteiger partial charge in [0.1, 0.15) is 10.6 Å². The Hall–Kier alpha value is -0.820. The molecule has 0 amide bonds. The summed E-state index contributed by atoms with van der Waals surface area (Å²) in [5.41, 5.74) is 0.335. The van der Waals surface area contributed by atoms with Gasteiger partial charge in [-0.05, 0) is 24.0 Å². The fourth-order valence-corrected chi connectivity index (χ4v) is 3.41. The summed E-state index contributed by atoms with van der Waals surface area (Å²) in [5, 5.41) is 9.53. The lowest BCUT2D eigenvalue weighted by atomic mass is 9.99. The number of aliphatic hydroxyl groups is 1. The summed E-state index contributed by atoms with van der Waals surface area (Å²) in [7, 11) is -2.40. The number of nitrogens with one attached hydrogen (secondary N) is 1. The third-order valence-electron chi connectivity index (χ3n) is 3.49. The normalized spacial score (nSPS) is 13.5. The van der Waals surface area contributed by atoms with Crippen molar-refractivity contribution in [2.24, 2.45) is 11.8 Å². The van der Waals surface area contributed by atoms with Crippen LogP contribution in [0.1, 0.15) is 26.3 Å². The molecule has 0 radical (unpaired) electrons. The van der Waals surface area contributed by atoms with Gasteiger partial charge in [-0.25, -0.2) is 13.1 Å². The molecule has 7 heteroatoms. The second-order valence-electron chi connectivity index (χ2n) is 5.33. The topological polar surface area (TPSA) is 75.6 Å². The van der Waals surface area contributed by atoms with E-state index in [-0.39, 0.29) is 28.2 Å². The van der Waals surface area contributed by atoms with E-state index in [1.54, 1.807) is 0 Å². The first-order chi connectivity index (χ1) is 9.72. The van der Waals surface area contributed by atoms with Crippen molar-refractivity contribution in [1.29, 1.82) is 0 Å². The van der Waals surface area contributed by atoms with Crippen LogP contribution < -0.4 is 9.46 Å². The van der Waals surface area contributed by atoms with Crippen molar-refractivity contribution < 1.29 is 18.3 Å². The summed E-state index contributed by atoms with van der Waals surface area (Å²) in [6.45, 7) is 6.01. The minimum atomic E-state index is -3.76. The number of aliphatic hydroxyl groups excluding tert-OH is 1. The van der Waals surface area contributed by atoms with Crippen molar-refractivity contribution in [2.75, 3.05) is 13.7 Å². The van der Waals surface area contributed by atoms with Gasteiger partial charge in [-0.15, -0.1) is 0 Å². The highest BCUT2D eigenvalue weighted by atomic mass is 35.5. The Morgan fingerprint density at radius 1 is 1.33 bits per heavy atom. The molecule has 21 heavy (non-hydrogen) atoms. The quantitative estimate of drug-likeness (QED) is 0.802. The van der Waals surface area contributed by atoms with E-state index in [1.165, 1.54) is 19.2 Å². The molecule has 120 valence electrons. The second kappa shape index (κ2) is 7.45. The van der Waals surface area contributed by atoms with Crippen LogP contribution in [0.3, 0.4) is 0 Å². The molecule has 0 bridgehead atoms. The molecule has 0 aliphatic rings. The van der Waals surface area contributed by atoms with Crippen molar-refractivity contribution in [2.45, 2.75) is 32.3 Å². The molecular formula is C14H22ClNO4S. The summed E-state index contributed by atoms with van der Waals surface area (Å²) >= 11 is 5.92. The van der Waals surface area contributed by atoms with Gasteiger partial charge in [-0.3, -0.25) is 0 Å². The van der Waals surface area contributed by atoms with Crippen LogP contribution in [0.5, 0.6) is 5.75 Å². The number of hydrogen-bond donors (Lipinski definition) is 2. The van der Waals surface area contributed by atoms with Crippen LogP contribution in [0.4, 0.5) is 0 Å². The van der Waals surface area contributed by atoms with E-state index in [2.05, 4.69) is 4.72 Å². The highest BCUT2D eigenvalue weighted by Gasteiger charge is 2.23. The van der Waals surface area contributed by atoms with E-state index in [9.17, 15) is 13.5 Å². The molecule has 1 atom stereocenters. The van der Waals surface area contributed by atoms with Crippen LogP contribution in [-0.2, 0) is 16.6 Å². The van der Waals surface area contributed by atoms with Gasteiger partial charge < -0.3 is 9.84 Å². The molecule has 1 rings (SSSR count). The molecule has 2 N–H and O–H groups in total. The average Bonchev–Trinajstić information content (AvgIpc) is 2.43. The number of methoxy groups -OCH3 is 1. The van der Waals surface area contributed by atoms with Crippen molar-refractivity contribution in [1.82, 2.24) is 4.72 Å². The number of rotatable bonds is 7. The molecule has 0 heterocycles. The van der Waals surface area contributed by atoms with Crippen molar-refractivity contribution in [3.8, 4) is 5.75 Å². The van der Waals surface area contributed by atoms with E-state index < -0.39 is 10.0 Å². The molecule has 1 aromatic rings. The predicted molar refractivity (Wildman–Crippen MR) is 83.1 cm³/mol. The number of benzene rings is 1. The van der Waals surface area contributed by atoms with Crippen molar-refractivity contribution in [3.63, 3.8) is 0 Å². The number of hydrogen-bond acceptors (Lipinski definition) is 4. The molecule has 1 aromatic carbocycles. The molecule has 0 aliphatic heterocycles. The van der Waals surface area contributed by atoms with Gasteiger partial charge in [0, 0.05) is 17.1 Å². The SMILES string of the molecule is COc1c(CO)cc(Cl)cc1S(=O)(=O)NCC(C)C(C)C. The summed E-state index contributed by atoms with van der Waals surface area (Å²) in [5.74, 6) is 0.677. The number of sulfonamides is 1. The highest BCUT2D eigenvalue weighted by Crippen LogP contribution is 2.31. The summed E-state index contributed by atoms with van der Waals surface area (Å²) in [6, 6.07) is 2.80. The Morgan fingerprint density at radius 2 is 1.95 bits per heavy atom. The maximum absolute atomic E-state index is 12.4. The Bertz CT molecular complexity index is 587. The van der Waals surface area contributed by atoms with Crippen LogP contribution in [0.15, 0.2) is 17.0 Å². The maximum atomic E-state index is 12.4. The lowest BCUT2D eigenvalue weighted by Gasteiger charge is -2.18. The molecule has 0 aliphatic carbocycles. The Balaban J connectivity index is 3.16. The highest BCUT2D eigenvalue weighted by molar-refractivity contribution is 7.89. The lowest BCUT2D eigenvalue weighted by Crippen LogP contribution is -2.30. The minimum Gasteiger partial charge on any atom is -0.495 e. The largest absolute Gasteiger partial charge is 0.495 e. The van der Waals surface area contributed by atoms with E-state index in [0.717, 1.165) is 0 Å². The lowest BCUT2D eigenvalue weighted by molar-refractivity contribution is 0.272. The zero-order chi connectivity index (χ0) is 16.2. The first-order valence-corrected chi connectivity index (χ1v) is 8.56. The standard InChI is InChI=1S/C14H22ClNO4S/c1-9(2)10(3)7-16-21(18,19)13-6-12(15)5-11(8-17)14(13)20-4/h5-6,9-10,16-17H,7-8H2,1-4H3. The summed E-state index contributed by atoms with van der Waals surface area (Å²) in [6.07, 6.45) is 0. The van der Waals surface area contributed by atoms with Gasteiger partial charge in [0.05, 0.1) is 13.7 Å². The molecule has 0 saturated heterocycles. The van der Waals surface area contributed by atoms with Crippen molar-refractivity contribution in [3.05, 3.63) is 22.7 Å². The van der Waals surface area contributed by atoms with E-state index >= 15 is 0 Å². The Labute approximate surface area is 131 Å². The molecule has 5 nitrogen and oxygen atoms in total. The number of halogens is 1.